The minimum Gasteiger partial charge on any atom is -0.476 e. The van der Waals surface area contributed by atoms with Gasteiger partial charge in [-0.1, -0.05) is 48.9 Å². The molecule has 0 N–H and O–H groups in total. The van der Waals surface area contributed by atoms with Crippen molar-refractivity contribution in [2.24, 2.45) is 0 Å². The summed E-state index contributed by atoms with van der Waals surface area (Å²) in [5.74, 6) is 0.887. The second-order valence-electron chi connectivity index (χ2n) is 4.06. The van der Waals surface area contributed by atoms with Gasteiger partial charge in [0.2, 0.25) is 5.88 Å². The minimum atomic E-state index is 0.315. The van der Waals surface area contributed by atoms with Gasteiger partial charge < -0.3 is 4.74 Å². The topological polar surface area (TPSA) is 22.1 Å². The van der Waals surface area contributed by atoms with Gasteiger partial charge >= 0.3 is 0 Å². The van der Waals surface area contributed by atoms with Crippen molar-refractivity contribution in [3.05, 3.63) is 57.7 Å². The van der Waals surface area contributed by atoms with Crippen LogP contribution in [-0.2, 0) is 0 Å². The Morgan fingerprint density at radius 1 is 1.33 bits per heavy atom. The molecule has 0 radical (unpaired) electrons. The average molecular weight is 327 g/mol. The molecule has 0 saturated carbocycles. The van der Waals surface area contributed by atoms with Crippen LogP contribution in [0.1, 0.15) is 18.4 Å². The highest BCUT2D eigenvalue weighted by Crippen LogP contribution is 2.26. The van der Waals surface area contributed by atoms with Crippen molar-refractivity contribution < 1.29 is 4.74 Å². The van der Waals surface area contributed by atoms with Gasteiger partial charge in [-0.05, 0) is 27.6 Å². The molecule has 1 atom stereocenters. The molecule has 0 unspecified atom stereocenters. The lowest BCUT2D eigenvalue weighted by Gasteiger charge is -2.13. The van der Waals surface area contributed by atoms with E-state index in [0.29, 0.717) is 23.4 Å². The normalized spacial score (nSPS) is 12.2. The van der Waals surface area contributed by atoms with Crippen molar-refractivity contribution in [2.45, 2.75) is 12.8 Å². The van der Waals surface area contributed by atoms with Crippen LogP contribution < -0.4 is 4.74 Å². The van der Waals surface area contributed by atoms with Gasteiger partial charge in [0.25, 0.3) is 0 Å². The summed E-state index contributed by atoms with van der Waals surface area (Å²) in [4.78, 5) is 4.14. The molecule has 1 heterocycles. The van der Waals surface area contributed by atoms with Gasteiger partial charge in [0, 0.05) is 12.1 Å². The summed E-state index contributed by atoms with van der Waals surface area (Å²) >= 11 is 9.21. The lowest BCUT2D eigenvalue weighted by Crippen LogP contribution is -2.08. The van der Waals surface area contributed by atoms with Crippen molar-refractivity contribution in [2.75, 3.05) is 6.61 Å². The van der Waals surface area contributed by atoms with E-state index in [4.69, 9.17) is 16.3 Å². The van der Waals surface area contributed by atoms with Crippen LogP contribution in [0.4, 0.5) is 0 Å². The third kappa shape index (κ3) is 3.47. The van der Waals surface area contributed by atoms with E-state index in [1.165, 1.54) is 5.56 Å². The first kappa shape index (κ1) is 13.4. The molecule has 0 amide bonds. The highest BCUT2D eigenvalue weighted by molar-refractivity contribution is 9.10. The molecule has 2 nitrogen and oxygen atoms in total. The van der Waals surface area contributed by atoms with E-state index in [0.717, 1.165) is 4.47 Å². The van der Waals surface area contributed by atoms with Crippen LogP contribution in [0.2, 0.25) is 5.02 Å². The van der Waals surface area contributed by atoms with Gasteiger partial charge in [-0.15, -0.1) is 0 Å². The fraction of sp³-hybridized carbons (Fsp3) is 0.214. The van der Waals surface area contributed by atoms with Crippen molar-refractivity contribution in [3.63, 3.8) is 0 Å². The van der Waals surface area contributed by atoms with Crippen molar-refractivity contribution in [1.29, 1.82) is 0 Å². The third-order valence-electron chi connectivity index (χ3n) is 2.61. The average Bonchev–Trinajstić information content (AvgIpc) is 2.38. The summed E-state index contributed by atoms with van der Waals surface area (Å²) in [6.45, 7) is 2.70. The van der Waals surface area contributed by atoms with Crippen LogP contribution in [0.5, 0.6) is 5.88 Å². The maximum absolute atomic E-state index is 5.83. The van der Waals surface area contributed by atoms with Crippen LogP contribution in [-0.4, -0.2) is 11.6 Å². The number of halogens is 2. The van der Waals surface area contributed by atoms with Gasteiger partial charge in [0.05, 0.1) is 16.1 Å². The largest absolute Gasteiger partial charge is 0.476 e. The zero-order valence-electron chi connectivity index (χ0n) is 9.94. The Balaban J connectivity index is 1.99. The number of ether oxygens (including phenoxy) is 1. The van der Waals surface area contributed by atoms with Gasteiger partial charge in [0.15, 0.2) is 0 Å². The van der Waals surface area contributed by atoms with E-state index in [-0.39, 0.29) is 0 Å². The Labute approximate surface area is 120 Å². The van der Waals surface area contributed by atoms with Crippen LogP contribution >= 0.6 is 27.5 Å². The molecule has 0 aliphatic heterocycles. The molecule has 0 spiro atoms. The second-order valence-corrected chi connectivity index (χ2v) is 5.35. The summed E-state index contributed by atoms with van der Waals surface area (Å²) in [5.41, 5.74) is 1.25. The molecule has 94 valence electrons. The summed E-state index contributed by atoms with van der Waals surface area (Å²) in [7, 11) is 0. The predicted octanol–water partition coefficient (Wildman–Crippen LogP) is 4.68. The summed E-state index contributed by atoms with van der Waals surface area (Å²) in [5, 5.41) is 0.588. The summed E-state index contributed by atoms with van der Waals surface area (Å²) < 4.78 is 6.46. The van der Waals surface area contributed by atoms with E-state index >= 15 is 0 Å². The molecule has 1 aromatic heterocycles. The molecule has 4 heteroatoms. The fourth-order valence-electron chi connectivity index (χ4n) is 1.59. The van der Waals surface area contributed by atoms with E-state index in [9.17, 15) is 0 Å². The minimum absolute atomic E-state index is 0.315. The molecule has 1 aromatic carbocycles. The molecule has 18 heavy (non-hydrogen) atoms. The third-order valence-corrected chi connectivity index (χ3v) is 3.39. The molecule has 0 bridgehead atoms. The molecule has 0 saturated heterocycles. The van der Waals surface area contributed by atoms with E-state index in [1.54, 1.807) is 12.3 Å². The van der Waals surface area contributed by atoms with Crippen LogP contribution in [0, 0.1) is 0 Å². The van der Waals surface area contributed by atoms with Crippen molar-refractivity contribution in [1.82, 2.24) is 4.98 Å². The highest BCUT2D eigenvalue weighted by Gasteiger charge is 2.08. The highest BCUT2D eigenvalue weighted by atomic mass is 79.9. The lowest BCUT2D eigenvalue weighted by molar-refractivity contribution is 0.283. The fourth-order valence-corrected chi connectivity index (χ4v) is 2.34. The number of aromatic nitrogens is 1. The Bertz CT molecular complexity index is 518. The number of hydrogen-bond donors (Lipinski definition) is 0. The Hall–Kier alpha value is -1.06. The number of hydrogen-bond acceptors (Lipinski definition) is 2. The van der Waals surface area contributed by atoms with Crippen LogP contribution in [0.25, 0.3) is 0 Å². The molecule has 2 rings (SSSR count). The SMILES string of the molecule is C[C@H](COc1ncc(Cl)cc1Br)c1ccccc1. The number of rotatable bonds is 4. The van der Waals surface area contributed by atoms with Gasteiger partial charge in [0.1, 0.15) is 0 Å². The standard InChI is InChI=1S/C14H13BrClNO/c1-10(11-5-3-2-4-6-11)9-18-14-13(15)7-12(16)8-17-14/h2-8,10H,9H2,1H3/t10-/m1/s1. The number of pyridine rings is 1. The summed E-state index contributed by atoms with van der Waals surface area (Å²) in [6, 6.07) is 12.0. The second kappa shape index (κ2) is 6.21. The number of nitrogens with zero attached hydrogens (tertiary/aromatic N) is 1. The molecule has 2 aromatic rings. The zero-order valence-corrected chi connectivity index (χ0v) is 12.3. The molecule has 0 aliphatic carbocycles. The first-order valence-electron chi connectivity index (χ1n) is 5.65. The van der Waals surface area contributed by atoms with Gasteiger partial charge in [-0.3, -0.25) is 0 Å². The first-order chi connectivity index (χ1) is 8.66. The summed E-state index contributed by atoms with van der Waals surface area (Å²) in [6.07, 6.45) is 1.58. The Morgan fingerprint density at radius 2 is 2.06 bits per heavy atom. The maximum Gasteiger partial charge on any atom is 0.228 e. The van der Waals surface area contributed by atoms with Crippen molar-refractivity contribution >= 4 is 27.5 Å². The van der Waals surface area contributed by atoms with E-state index < -0.39 is 0 Å². The maximum atomic E-state index is 5.83. The quantitative estimate of drug-likeness (QED) is 0.814. The van der Waals surface area contributed by atoms with Crippen LogP contribution in [0.3, 0.4) is 0 Å². The smallest absolute Gasteiger partial charge is 0.228 e. The van der Waals surface area contributed by atoms with E-state index in [2.05, 4.69) is 40.0 Å². The lowest BCUT2D eigenvalue weighted by atomic mass is 10.0. The van der Waals surface area contributed by atoms with Crippen LogP contribution in [0.15, 0.2) is 47.1 Å². The molecule has 0 aliphatic rings. The molecule has 0 fully saturated rings. The predicted molar refractivity (Wildman–Crippen MR) is 77.3 cm³/mol. The molecular formula is C14H13BrClNO. The Morgan fingerprint density at radius 3 is 2.72 bits per heavy atom. The van der Waals surface area contributed by atoms with Crippen molar-refractivity contribution in [3.8, 4) is 5.88 Å². The number of benzene rings is 1. The first-order valence-corrected chi connectivity index (χ1v) is 6.82. The zero-order chi connectivity index (χ0) is 13.0. The van der Waals surface area contributed by atoms with E-state index in [1.807, 2.05) is 18.2 Å². The monoisotopic (exact) mass is 325 g/mol. The Kier molecular flexibility index (Phi) is 4.61. The molecular weight excluding hydrogens is 314 g/mol. The van der Waals surface area contributed by atoms with Gasteiger partial charge in [-0.2, -0.15) is 0 Å². The van der Waals surface area contributed by atoms with Gasteiger partial charge in [-0.25, -0.2) is 4.98 Å².